The van der Waals surface area contributed by atoms with Crippen molar-refractivity contribution < 1.29 is 9.37 Å². The number of nitrogens with two attached hydrogens (primary N) is 1. The summed E-state index contributed by atoms with van der Waals surface area (Å²) < 4.78 is 10.3. The SMILES string of the molecule is Nc1ccc(Oc2ccc(Cl)c(Cl)c2)c2nonc12. The molecule has 2 N–H and O–H groups in total. The highest BCUT2D eigenvalue weighted by Gasteiger charge is 2.12. The maximum absolute atomic E-state index is 5.92. The molecule has 0 aliphatic carbocycles. The Morgan fingerprint density at radius 2 is 1.79 bits per heavy atom. The highest BCUT2D eigenvalue weighted by atomic mass is 35.5. The van der Waals surface area contributed by atoms with Crippen molar-refractivity contribution >= 4 is 39.9 Å². The number of fused-ring (bicyclic) bond motifs is 1. The van der Waals surface area contributed by atoms with Crippen LogP contribution in [0.1, 0.15) is 0 Å². The molecule has 0 bridgehead atoms. The van der Waals surface area contributed by atoms with Gasteiger partial charge in [-0.2, -0.15) is 0 Å². The summed E-state index contributed by atoms with van der Waals surface area (Å²) >= 11 is 11.8. The number of halogens is 2. The average Bonchev–Trinajstić information content (AvgIpc) is 2.87. The zero-order valence-corrected chi connectivity index (χ0v) is 10.9. The van der Waals surface area contributed by atoms with Crippen LogP contribution in [-0.4, -0.2) is 10.3 Å². The van der Waals surface area contributed by atoms with Gasteiger partial charge in [0.1, 0.15) is 5.75 Å². The Morgan fingerprint density at radius 1 is 1.00 bits per heavy atom. The number of hydrogen-bond donors (Lipinski definition) is 1. The summed E-state index contributed by atoms with van der Waals surface area (Å²) in [6, 6.07) is 8.31. The van der Waals surface area contributed by atoms with E-state index in [2.05, 4.69) is 14.9 Å². The van der Waals surface area contributed by atoms with E-state index < -0.39 is 0 Å². The van der Waals surface area contributed by atoms with Gasteiger partial charge in [0.25, 0.3) is 0 Å². The fourth-order valence-electron chi connectivity index (χ4n) is 1.61. The van der Waals surface area contributed by atoms with Crippen LogP contribution in [-0.2, 0) is 0 Å². The van der Waals surface area contributed by atoms with Crippen LogP contribution in [0.2, 0.25) is 10.0 Å². The minimum Gasteiger partial charge on any atom is -0.455 e. The Kier molecular flexibility index (Phi) is 2.93. The van der Waals surface area contributed by atoms with E-state index in [1.165, 1.54) is 0 Å². The monoisotopic (exact) mass is 295 g/mol. The van der Waals surface area contributed by atoms with Crippen LogP contribution in [0.15, 0.2) is 35.0 Å². The van der Waals surface area contributed by atoms with Crippen molar-refractivity contribution in [3.05, 3.63) is 40.4 Å². The van der Waals surface area contributed by atoms with Crippen LogP contribution in [0.25, 0.3) is 11.0 Å². The molecular weight excluding hydrogens is 289 g/mol. The average molecular weight is 296 g/mol. The lowest BCUT2D eigenvalue weighted by atomic mass is 10.2. The van der Waals surface area contributed by atoms with Crippen molar-refractivity contribution in [2.75, 3.05) is 5.73 Å². The van der Waals surface area contributed by atoms with E-state index >= 15 is 0 Å². The highest BCUT2D eigenvalue weighted by Crippen LogP contribution is 2.33. The number of nitrogens with zero attached hydrogens (tertiary/aromatic N) is 2. The lowest BCUT2D eigenvalue weighted by Crippen LogP contribution is -1.90. The van der Waals surface area contributed by atoms with Gasteiger partial charge in [0, 0.05) is 6.07 Å². The molecule has 0 amide bonds. The van der Waals surface area contributed by atoms with E-state index in [1.807, 2.05) is 0 Å². The predicted octanol–water partition coefficient (Wildman–Crippen LogP) is 3.90. The number of aromatic nitrogens is 2. The van der Waals surface area contributed by atoms with Gasteiger partial charge in [-0.15, -0.1) is 0 Å². The van der Waals surface area contributed by atoms with E-state index in [0.717, 1.165) is 0 Å². The number of hydrogen-bond acceptors (Lipinski definition) is 5. The second-order valence-corrected chi connectivity index (χ2v) is 4.61. The molecule has 0 atom stereocenters. The third kappa shape index (κ3) is 2.18. The molecule has 0 saturated heterocycles. The molecular formula is C12H7Cl2N3O2. The van der Waals surface area contributed by atoms with Gasteiger partial charge in [0.2, 0.25) is 0 Å². The third-order valence-corrected chi connectivity index (χ3v) is 3.27. The topological polar surface area (TPSA) is 74.2 Å². The summed E-state index contributed by atoms with van der Waals surface area (Å²) in [4.78, 5) is 0. The molecule has 2 aromatic carbocycles. The van der Waals surface area contributed by atoms with Crippen molar-refractivity contribution in [2.24, 2.45) is 0 Å². The van der Waals surface area contributed by atoms with Crippen molar-refractivity contribution in [1.82, 2.24) is 10.3 Å². The van der Waals surface area contributed by atoms with Crippen LogP contribution in [0.5, 0.6) is 11.5 Å². The van der Waals surface area contributed by atoms with Crippen molar-refractivity contribution in [3.63, 3.8) is 0 Å². The van der Waals surface area contributed by atoms with Crippen LogP contribution < -0.4 is 10.5 Å². The van der Waals surface area contributed by atoms with Crippen molar-refractivity contribution in [1.29, 1.82) is 0 Å². The van der Waals surface area contributed by atoms with E-state index in [0.29, 0.717) is 38.3 Å². The molecule has 3 aromatic rings. The molecule has 0 aliphatic heterocycles. The van der Waals surface area contributed by atoms with Gasteiger partial charge in [0.15, 0.2) is 16.8 Å². The van der Waals surface area contributed by atoms with Gasteiger partial charge < -0.3 is 10.5 Å². The first-order chi connectivity index (χ1) is 9.15. The fourth-order valence-corrected chi connectivity index (χ4v) is 1.90. The van der Waals surface area contributed by atoms with Gasteiger partial charge in [0.05, 0.1) is 15.7 Å². The first-order valence-electron chi connectivity index (χ1n) is 5.29. The van der Waals surface area contributed by atoms with Gasteiger partial charge in [-0.3, -0.25) is 0 Å². The molecule has 19 heavy (non-hydrogen) atoms. The lowest BCUT2D eigenvalue weighted by Gasteiger charge is -2.07. The van der Waals surface area contributed by atoms with Crippen molar-refractivity contribution in [2.45, 2.75) is 0 Å². The molecule has 0 unspecified atom stereocenters. The first kappa shape index (κ1) is 12.1. The fraction of sp³-hybridized carbons (Fsp3) is 0. The van der Waals surface area contributed by atoms with E-state index in [4.69, 9.17) is 33.7 Å². The Labute approximate surface area is 117 Å². The standard InChI is InChI=1S/C12H7Cl2N3O2/c13-7-2-1-6(5-8(7)14)18-10-4-3-9(15)11-12(10)17-19-16-11/h1-5H,15H2. The van der Waals surface area contributed by atoms with Crippen molar-refractivity contribution in [3.8, 4) is 11.5 Å². The number of benzene rings is 2. The van der Waals surface area contributed by atoms with E-state index in [9.17, 15) is 0 Å². The molecule has 1 heterocycles. The zero-order chi connectivity index (χ0) is 13.4. The molecule has 96 valence electrons. The number of nitrogen functional groups attached to an aromatic ring is 1. The maximum atomic E-state index is 5.92. The predicted molar refractivity (Wildman–Crippen MR) is 72.8 cm³/mol. The quantitative estimate of drug-likeness (QED) is 0.726. The lowest BCUT2D eigenvalue weighted by molar-refractivity contribution is 0.314. The Hall–Kier alpha value is -1.98. The third-order valence-electron chi connectivity index (χ3n) is 2.53. The molecule has 0 fully saturated rings. The molecule has 3 rings (SSSR count). The summed E-state index contributed by atoms with van der Waals surface area (Å²) in [5.41, 5.74) is 7.13. The Morgan fingerprint density at radius 3 is 2.58 bits per heavy atom. The molecule has 5 nitrogen and oxygen atoms in total. The summed E-state index contributed by atoms with van der Waals surface area (Å²) in [6.07, 6.45) is 0. The second kappa shape index (κ2) is 4.60. The van der Waals surface area contributed by atoms with E-state index in [1.54, 1.807) is 30.3 Å². The number of anilines is 1. The summed E-state index contributed by atoms with van der Waals surface area (Å²) in [5, 5.41) is 8.34. The van der Waals surface area contributed by atoms with Gasteiger partial charge in [-0.25, -0.2) is 4.63 Å². The first-order valence-corrected chi connectivity index (χ1v) is 6.04. The minimum absolute atomic E-state index is 0.407. The smallest absolute Gasteiger partial charge is 0.179 e. The van der Waals surface area contributed by atoms with E-state index in [-0.39, 0.29) is 0 Å². The maximum Gasteiger partial charge on any atom is 0.179 e. The Balaban J connectivity index is 2.03. The van der Waals surface area contributed by atoms with Crippen LogP contribution in [0.4, 0.5) is 5.69 Å². The highest BCUT2D eigenvalue weighted by molar-refractivity contribution is 6.42. The number of rotatable bonds is 2. The molecule has 0 radical (unpaired) electrons. The molecule has 0 saturated carbocycles. The summed E-state index contributed by atoms with van der Waals surface area (Å²) in [6.45, 7) is 0. The molecule has 1 aromatic heterocycles. The van der Waals surface area contributed by atoms with Crippen LogP contribution in [0.3, 0.4) is 0 Å². The normalized spacial score (nSPS) is 10.8. The largest absolute Gasteiger partial charge is 0.455 e. The Bertz CT molecular complexity index is 758. The number of ether oxygens (including phenoxy) is 1. The molecule has 7 heteroatoms. The molecule has 0 spiro atoms. The summed E-state index contributed by atoms with van der Waals surface area (Å²) in [5.74, 6) is 1.01. The minimum atomic E-state index is 0.407. The summed E-state index contributed by atoms with van der Waals surface area (Å²) in [7, 11) is 0. The van der Waals surface area contributed by atoms with Gasteiger partial charge in [-0.05, 0) is 34.6 Å². The van der Waals surface area contributed by atoms with Crippen LogP contribution in [0, 0.1) is 0 Å². The second-order valence-electron chi connectivity index (χ2n) is 3.79. The van der Waals surface area contributed by atoms with Gasteiger partial charge >= 0.3 is 0 Å². The van der Waals surface area contributed by atoms with Crippen LogP contribution >= 0.6 is 23.2 Å². The van der Waals surface area contributed by atoms with Gasteiger partial charge in [-0.1, -0.05) is 23.2 Å². The zero-order valence-electron chi connectivity index (χ0n) is 9.43. The molecule has 0 aliphatic rings.